The summed E-state index contributed by atoms with van der Waals surface area (Å²) >= 11 is 0. The van der Waals surface area contributed by atoms with Crippen LogP contribution in [0.1, 0.15) is 52.5 Å². The van der Waals surface area contributed by atoms with Gasteiger partial charge in [0.15, 0.2) is 12.0 Å². The predicted molar refractivity (Wildman–Crippen MR) is 133 cm³/mol. The molecular formula is C27H25F2N5O2. The van der Waals surface area contributed by atoms with Crippen LogP contribution in [0.5, 0.6) is 5.75 Å². The van der Waals surface area contributed by atoms with Crippen LogP contribution in [-0.2, 0) is 0 Å². The van der Waals surface area contributed by atoms with Crippen LogP contribution in [-0.4, -0.2) is 51.4 Å². The van der Waals surface area contributed by atoms with Crippen molar-refractivity contribution in [3.05, 3.63) is 77.1 Å². The van der Waals surface area contributed by atoms with E-state index in [1.54, 1.807) is 23.0 Å². The number of imidazole rings is 1. The van der Waals surface area contributed by atoms with Gasteiger partial charge in [-0.3, -0.25) is 19.2 Å². The van der Waals surface area contributed by atoms with Crippen molar-refractivity contribution in [3.63, 3.8) is 0 Å². The van der Waals surface area contributed by atoms with Crippen molar-refractivity contribution in [3.8, 4) is 23.3 Å². The summed E-state index contributed by atoms with van der Waals surface area (Å²) in [5, 5.41) is 0. The third kappa shape index (κ3) is 5.09. The summed E-state index contributed by atoms with van der Waals surface area (Å²) in [5.74, 6) is 6.55. The molecule has 0 fully saturated rings. The largest absolute Gasteiger partial charge is 0.433 e. The SMILES string of the molecule is CCC(c1nc2ccc(C#Cc3cnc(C)cn3)cc2n1-c1c(C=O)cccc1OC(F)F)N(C)C. The molecule has 0 radical (unpaired) electrons. The smallest absolute Gasteiger partial charge is 0.387 e. The molecule has 36 heavy (non-hydrogen) atoms. The lowest BCUT2D eigenvalue weighted by atomic mass is 10.1. The zero-order valence-corrected chi connectivity index (χ0v) is 20.4. The summed E-state index contributed by atoms with van der Waals surface area (Å²) in [6.07, 6.45) is 4.56. The molecular weight excluding hydrogens is 464 g/mol. The van der Waals surface area contributed by atoms with Crippen molar-refractivity contribution in [1.29, 1.82) is 0 Å². The van der Waals surface area contributed by atoms with Crippen LogP contribution in [0, 0.1) is 18.8 Å². The van der Waals surface area contributed by atoms with Crippen LogP contribution >= 0.6 is 0 Å². The van der Waals surface area contributed by atoms with E-state index >= 15 is 0 Å². The quantitative estimate of drug-likeness (QED) is 0.270. The maximum absolute atomic E-state index is 13.3. The van der Waals surface area contributed by atoms with E-state index in [9.17, 15) is 13.6 Å². The number of rotatable bonds is 7. The number of benzene rings is 2. The molecule has 184 valence electrons. The number of aromatic nitrogens is 4. The summed E-state index contributed by atoms with van der Waals surface area (Å²) in [7, 11) is 3.83. The topological polar surface area (TPSA) is 73.1 Å². The van der Waals surface area contributed by atoms with Gasteiger partial charge in [0.1, 0.15) is 17.2 Å². The van der Waals surface area contributed by atoms with Gasteiger partial charge in [-0.25, -0.2) is 9.97 Å². The summed E-state index contributed by atoms with van der Waals surface area (Å²) in [4.78, 5) is 27.3. The summed E-state index contributed by atoms with van der Waals surface area (Å²) in [5.41, 5.74) is 3.63. The van der Waals surface area contributed by atoms with Gasteiger partial charge in [0.2, 0.25) is 0 Å². The van der Waals surface area contributed by atoms with Gasteiger partial charge >= 0.3 is 6.61 Å². The lowest BCUT2D eigenvalue weighted by molar-refractivity contribution is -0.0498. The molecule has 0 N–H and O–H groups in total. The summed E-state index contributed by atoms with van der Waals surface area (Å²) < 4.78 is 33.2. The average molecular weight is 490 g/mol. The number of halogens is 2. The molecule has 2 aromatic heterocycles. The third-order valence-corrected chi connectivity index (χ3v) is 5.70. The Kier molecular flexibility index (Phi) is 7.36. The van der Waals surface area contributed by atoms with Gasteiger partial charge < -0.3 is 4.74 Å². The Hall–Kier alpha value is -4.16. The molecule has 0 spiro atoms. The van der Waals surface area contributed by atoms with Crippen LogP contribution in [0.3, 0.4) is 0 Å². The number of aldehydes is 1. The zero-order valence-electron chi connectivity index (χ0n) is 20.4. The number of carbonyl (C=O) groups is 1. The van der Waals surface area contributed by atoms with Crippen LogP contribution < -0.4 is 4.74 Å². The first-order valence-corrected chi connectivity index (χ1v) is 11.3. The van der Waals surface area contributed by atoms with Crippen LogP contribution in [0.2, 0.25) is 0 Å². The number of ether oxygens (including phenoxy) is 1. The highest BCUT2D eigenvalue weighted by atomic mass is 19.3. The van der Waals surface area contributed by atoms with Gasteiger partial charge in [-0.2, -0.15) is 8.78 Å². The number of fused-ring (bicyclic) bond motifs is 1. The van der Waals surface area contributed by atoms with Crippen molar-refractivity contribution >= 4 is 17.3 Å². The molecule has 7 nitrogen and oxygen atoms in total. The maximum Gasteiger partial charge on any atom is 0.387 e. The highest BCUT2D eigenvalue weighted by Crippen LogP contribution is 2.36. The number of hydrogen-bond acceptors (Lipinski definition) is 6. The maximum atomic E-state index is 13.3. The van der Waals surface area contributed by atoms with E-state index in [1.165, 1.54) is 12.1 Å². The van der Waals surface area contributed by atoms with E-state index in [0.29, 0.717) is 40.8 Å². The second-order valence-electron chi connectivity index (χ2n) is 8.38. The molecule has 4 rings (SSSR count). The van der Waals surface area contributed by atoms with E-state index in [0.717, 1.165) is 5.69 Å². The fourth-order valence-corrected chi connectivity index (χ4v) is 4.07. The fourth-order valence-electron chi connectivity index (χ4n) is 4.07. The Balaban J connectivity index is 1.98. The van der Waals surface area contributed by atoms with Crippen molar-refractivity contribution in [2.24, 2.45) is 0 Å². The molecule has 9 heteroatoms. The first kappa shape index (κ1) is 24.9. The van der Waals surface area contributed by atoms with Gasteiger partial charge in [-0.05, 0) is 63.7 Å². The molecule has 1 unspecified atom stereocenters. The Morgan fingerprint density at radius 1 is 1.14 bits per heavy atom. The van der Waals surface area contributed by atoms with Gasteiger partial charge in [-0.1, -0.05) is 18.9 Å². The van der Waals surface area contributed by atoms with Gasteiger partial charge in [0, 0.05) is 17.3 Å². The van der Waals surface area contributed by atoms with Crippen molar-refractivity contribution < 1.29 is 18.3 Å². The highest BCUT2D eigenvalue weighted by molar-refractivity contribution is 5.87. The minimum absolute atomic E-state index is 0.116. The van der Waals surface area contributed by atoms with Gasteiger partial charge in [0.25, 0.3) is 0 Å². The molecule has 0 aliphatic heterocycles. The number of para-hydroxylation sites is 1. The Morgan fingerprint density at radius 2 is 1.94 bits per heavy atom. The Labute approximate surface area is 207 Å². The highest BCUT2D eigenvalue weighted by Gasteiger charge is 2.26. The molecule has 0 saturated heterocycles. The number of carbonyl (C=O) groups excluding carboxylic acids is 1. The van der Waals surface area contributed by atoms with Gasteiger partial charge in [0.05, 0.1) is 29.0 Å². The Morgan fingerprint density at radius 3 is 2.58 bits per heavy atom. The molecule has 0 bridgehead atoms. The van der Waals surface area contributed by atoms with E-state index in [-0.39, 0.29) is 23.0 Å². The lowest BCUT2D eigenvalue weighted by Crippen LogP contribution is -2.23. The molecule has 0 aliphatic carbocycles. The Bertz CT molecular complexity index is 1450. The number of nitrogens with zero attached hydrogens (tertiary/aromatic N) is 5. The predicted octanol–water partition coefficient (Wildman–Crippen LogP) is 4.95. The van der Waals surface area contributed by atoms with Crippen molar-refractivity contribution in [2.75, 3.05) is 14.1 Å². The van der Waals surface area contributed by atoms with E-state index < -0.39 is 6.61 Å². The van der Waals surface area contributed by atoms with Crippen LogP contribution in [0.25, 0.3) is 16.7 Å². The van der Waals surface area contributed by atoms with E-state index in [1.807, 2.05) is 51.0 Å². The first-order chi connectivity index (χ1) is 17.3. The minimum atomic E-state index is -3.06. The monoisotopic (exact) mass is 489 g/mol. The second-order valence-corrected chi connectivity index (χ2v) is 8.38. The molecule has 0 amide bonds. The normalized spacial score (nSPS) is 12.0. The molecule has 1 atom stereocenters. The number of aryl methyl sites for hydroxylation is 1. The third-order valence-electron chi connectivity index (χ3n) is 5.70. The second kappa shape index (κ2) is 10.6. The average Bonchev–Trinajstić information content (AvgIpc) is 3.21. The van der Waals surface area contributed by atoms with Crippen LogP contribution in [0.4, 0.5) is 8.78 Å². The number of hydrogen-bond donors (Lipinski definition) is 0. The van der Waals surface area contributed by atoms with E-state index in [2.05, 4.69) is 21.8 Å². The molecule has 0 aliphatic rings. The minimum Gasteiger partial charge on any atom is -0.433 e. The van der Waals surface area contributed by atoms with Crippen molar-refractivity contribution in [1.82, 2.24) is 24.4 Å². The summed E-state index contributed by atoms with van der Waals surface area (Å²) in [6.45, 7) is 0.796. The standard InChI is InChI=1S/C27H25F2N5O2/c1-5-22(33(3)4)26-32-21-12-10-18(9-11-20-15-30-17(2)14-31-20)13-23(21)34(26)25-19(16-35)7-6-8-24(25)36-27(28)29/h6-8,10,12-16,22,27H,5H2,1-4H3. The molecule has 0 saturated carbocycles. The van der Waals surface area contributed by atoms with Crippen LogP contribution in [0.15, 0.2) is 48.8 Å². The lowest BCUT2D eigenvalue weighted by Gasteiger charge is -2.25. The molecule has 2 aromatic carbocycles. The number of alkyl halides is 2. The van der Waals surface area contributed by atoms with E-state index in [4.69, 9.17) is 9.72 Å². The first-order valence-electron chi connectivity index (χ1n) is 11.3. The molecule has 4 aromatic rings. The summed E-state index contributed by atoms with van der Waals surface area (Å²) in [6, 6.07) is 9.79. The van der Waals surface area contributed by atoms with Crippen molar-refractivity contribution in [2.45, 2.75) is 32.9 Å². The molecule has 2 heterocycles. The zero-order chi connectivity index (χ0) is 25.8. The fraction of sp³-hybridized carbons (Fsp3) is 0.259. The van der Waals surface area contributed by atoms with Gasteiger partial charge in [-0.15, -0.1) is 0 Å².